The van der Waals surface area contributed by atoms with E-state index in [9.17, 15) is 21.6 Å². The fraction of sp³-hybridized carbons (Fsp3) is 0.632. The summed E-state index contributed by atoms with van der Waals surface area (Å²) in [6.45, 7) is 5.17. The molecule has 0 bridgehead atoms. The van der Waals surface area contributed by atoms with Gasteiger partial charge in [-0.15, -0.1) is 0 Å². The van der Waals surface area contributed by atoms with Crippen molar-refractivity contribution < 1.29 is 21.6 Å². The van der Waals surface area contributed by atoms with E-state index in [1.54, 1.807) is 0 Å². The Labute approximate surface area is 167 Å². The first-order chi connectivity index (χ1) is 13.1. The van der Waals surface area contributed by atoms with Gasteiger partial charge in [-0.05, 0) is 43.0 Å². The maximum atomic E-state index is 12.7. The summed E-state index contributed by atoms with van der Waals surface area (Å²) in [5, 5.41) is -0.502. The Bertz CT molecular complexity index is 912. The van der Waals surface area contributed by atoms with Gasteiger partial charge in [0, 0.05) is 31.7 Å². The Morgan fingerprint density at radius 3 is 2.11 bits per heavy atom. The van der Waals surface area contributed by atoms with Crippen molar-refractivity contribution in [2.24, 2.45) is 5.92 Å². The molecule has 0 N–H and O–H groups in total. The van der Waals surface area contributed by atoms with Crippen LogP contribution < -0.4 is 0 Å². The minimum Gasteiger partial charge on any atom is -0.336 e. The first-order valence-corrected chi connectivity index (χ1v) is 12.9. The van der Waals surface area contributed by atoms with Crippen LogP contribution in [0.5, 0.6) is 0 Å². The van der Waals surface area contributed by atoms with E-state index in [-0.39, 0.29) is 35.6 Å². The predicted octanol–water partition coefficient (Wildman–Crippen LogP) is 1.76. The van der Waals surface area contributed by atoms with Crippen molar-refractivity contribution in [3.8, 4) is 0 Å². The number of amides is 1. The molecule has 0 spiro atoms. The zero-order valence-electron chi connectivity index (χ0n) is 16.4. The summed E-state index contributed by atoms with van der Waals surface area (Å²) in [6, 6.07) is 5.94. The number of carbonyl (C=O) groups excluding carboxylic acids is 1. The Morgan fingerprint density at radius 1 is 1.00 bits per heavy atom. The smallest absolute Gasteiger partial charge is 0.253 e. The van der Waals surface area contributed by atoms with Crippen LogP contribution in [-0.4, -0.2) is 69.1 Å². The quantitative estimate of drug-likeness (QED) is 0.688. The van der Waals surface area contributed by atoms with Gasteiger partial charge in [-0.25, -0.2) is 16.8 Å². The van der Waals surface area contributed by atoms with Crippen molar-refractivity contribution in [1.29, 1.82) is 0 Å². The Balaban J connectivity index is 1.64. The predicted molar refractivity (Wildman–Crippen MR) is 107 cm³/mol. The van der Waals surface area contributed by atoms with Crippen molar-refractivity contribution in [3.05, 3.63) is 29.8 Å². The summed E-state index contributed by atoms with van der Waals surface area (Å²) in [6.07, 6.45) is 2.78. The van der Waals surface area contributed by atoms with E-state index in [0.717, 1.165) is 19.3 Å². The molecule has 156 valence electrons. The average molecular weight is 429 g/mol. The van der Waals surface area contributed by atoms with E-state index in [2.05, 4.69) is 0 Å². The van der Waals surface area contributed by atoms with E-state index >= 15 is 0 Å². The number of hydrogen-bond acceptors (Lipinski definition) is 5. The van der Waals surface area contributed by atoms with Crippen molar-refractivity contribution in [2.75, 3.05) is 31.9 Å². The molecule has 0 atom stereocenters. The van der Waals surface area contributed by atoms with Crippen LogP contribution in [-0.2, 0) is 19.9 Å². The molecule has 0 aliphatic carbocycles. The van der Waals surface area contributed by atoms with E-state index in [4.69, 9.17) is 0 Å². The topological polar surface area (TPSA) is 91.8 Å². The molecule has 3 rings (SSSR count). The fourth-order valence-corrected chi connectivity index (χ4v) is 7.17. The Morgan fingerprint density at radius 2 is 1.57 bits per heavy atom. The van der Waals surface area contributed by atoms with Crippen LogP contribution in [0.2, 0.25) is 0 Å². The van der Waals surface area contributed by atoms with Gasteiger partial charge in [-0.3, -0.25) is 4.79 Å². The lowest BCUT2D eigenvalue weighted by Crippen LogP contribution is -2.57. The van der Waals surface area contributed by atoms with Crippen LogP contribution in [0.3, 0.4) is 0 Å². The number of hydrogen-bond donors (Lipinski definition) is 0. The largest absolute Gasteiger partial charge is 0.336 e. The summed E-state index contributed by atoms with van der Waals surface area (Å²) in [4.78, 5) is 14.2. The van der Waals surface area contributed by atoms with E-state index in [0.29, 0.717) is 18.7 Å². The van der Waals surface area contributed by atoms with Crippen LogP contribution in [0.4, 0.5) is 0 Å². The second kappa shape index (κ2) is 8.12. The van der Waals surface area contributed by atoms with Gasteiger partial charge in [0.05, 0.1) is 15.9 Å². The molecule has 9 heteroatoms. The monoisotopic (exact) mass is 428 g/mol. The third-order valence-corrected chi connectivity index (χ3v) is 9.62. The van der Waals surface area contributed by atoms with Gasteiger partial charge < -0.3 is 4.90 Å². The molecule has 2 fully saturated rings. The molecule has 1 amide bonds. The van der Waals surface area contributed by atoms with Gasteiger partial charge >= 0.3 is 0 Å². The Hall–Kier alpha value is -1.45. The molecule has 1 aromatic rings. The lowest BCUT2D eigenvalue weighted by atomic mass is 10.1. The van der Waals surface area contributed by atoms with Gasteiger partial charge in [-0.1, -0.05) is 20.3 Å². The molecule has 2 aliphatic rings. The van der Waals surface area contributed by atoms with Crippen LogP contribution in [0, 0.1) is 5.92 Å². The molecule has 0 radical (unpaired) electrons. The molecule has 0 aromatic heterocycles. The summed E-state index contributed by atoms with van der Waals surface area (Å²) >= 11 is 0. The lowest BCUT2D eigenvalue weighted by molar-refractivity contribution is 0.0658. The number of nitrogens with zero attached hydrogens (tertiary/aromatic N) is 2. The summed E-state index contributed by atoms with van der Waals surface area (Å²) in [5.74, 6) is -0.0787. The van der Waals surface area contributed by atoms with Crippen LogP contribution in [0.1, 0.15) is 43.5 Å². The third kappa shape index (κ3) is 4.41. The number of sulfonamides is 1. The second-order valence-electron chi connectivity index (χ2n) is 8.04. The minimum atomic E-state index is -3.53. The van der Waals surface area contributed by atoms with Crippen LogP contribution in [0.25, 0.3) is 0 Å². The van der Waals surface area contributed by atoms with E-state index < -0.39 is 25.1 Å². The van der Waals surface area contributed by atoms with Crippen molar-refractivity contribution >= 4 is 25.8 Å². The number of piperidine rings is 1. The molecular weight excluding hydrogens is 400 g/mol. The molecule has 2 heterocycles. The summed E-state index contributed by atoms with van der Waals surface area (Å²) in [7, 11) is -6.72. The van der Waals surface area contributed by atoms with Crippen LogP contribution in [0.15, 0.2) is 29.2 Å². The van der Waals surface area contributed by atoms with Crippen molar-refractivity contribution in [3.63, 3.8) is 0 Å². The van der Waals surface area contributed by atoms with Crippen LogP contribution >= 0.6 is 0 Å². The minimum absolute atomic E-state index is 0.0594. The molecule has 2 saturated heterocycles. The lowest BCUT2D eigenvalue weighted by Gasteiger charge is -2.39. The van der Waals surface area contributed by atoms with Crippen molar-refractivity contribution in [1.82, 2.24) is 9.21 Å². The maximum Gasteiger partial charge on any atom is 0.253 e. The first-order valence-electron chi connectivity index (χ1n) is 9.72. The molecule has 7 nitrogen and oxygen atoms in total. The van der Waals surface area contributed by atoms with Gasteiger partial charge in [0.1, 0.15) is 0 Å². The molecular formula is C19H28N2O5S2. The SMILES string of the molecule is CC(C)CS(=O)(=O)C1CN(C(=O)c2ccc(S(=O)(=O)N3CCCCC3)cc2)C1. The number of likely N-dealkylation sites (tertiary alicyclic amines) is 1. The molecule has 0 unspecified atom stereocenters. The third-order valence-electron chi connectivity index (χ3n) is 5.26. The van der Waals surface area contributed by atoms with E-state index in [1.165, 1.54) is 33.5 Å². The zero-order chi connectivity index (χ0) is 20.5. The molecule has 2 aliphatic heterocycles. The second-order valence-corrected chi connectivity index (χ2v) is 12.3. The van der Waals surface area contributed by atoms with Gasteiger partial charge in [0.25, 0.3) is 5.91 Å². The van der Waals surface area contributed by atoms with Gasteiger partial charge in [0.15, 0.2) is 9.84 Å². The Kier molecular flexibility index (Phi) is 6.17. The van der Waals surface area contributed by atoms with E-state index in [1.807, 2.05) is 13.8 Å². The average Bonchev–Trinajstić information content (AvgIpc) is 2.60. The number of benzene rings is 1. The first kappa shape index (κ1) is 21.3. The zero-order valence-corrected chi connectivity index (χ0v) is 18.0. The highest BCUT2D eigenvalue weighted by Gasteiger charge is 2.40. The maximum absolute atomic E-state index is 12.7. The fourth-order valence-electron chi connectivity index (χ4n) is 3.64. The normalized spacial score (nSPS) is 19.6. The van der Waals surface area contributed by atoms with Gasteiger partial charge in [-0.2, -0.15) is 4.31 Å². The standard InChI is InChI=1S/C19H28N2O5S2/c1-15(2)14-27(23,24)18-12-20(13-18)19(22)16-6-8-17(9-7-16)28(25,26)21-10-4-3-5-11-21/h6-9,15,18H,3-5,10-14H2,1-2H3. The number of rotatable bonds is 6. The molecule has 1 aromatic carbocycles. The number of carbonyl (C=O) groups is 1. The summed E-state index contributed by atoms with van der Waals surface area (Å²) < 4.78 is 51.3. The van der Waals surface area contributed by atoms with Gasteiger partial charge in [0.2, 0.25) is 10.0 Å². The highest BCUT2D eigenvalue weighted by molar-refractivity contribution is 7.92. The highest BCUT2D eigenvalue weighted by atomic mass is 32.2. The number of sulfone groups is 1. The van der Waals surface area contributed by atoms with Crippen molar-refractivity contribution in [2.45, 2.75) is 43.3 Å². The highest BCUT2D eigenvalue weighted by Crippen LogP contribution is 2.24. The molecule has 28 heavy (non-hydrogen) atoms. The summed E-state index contributed by atoms with van der Waals surface area (Å²) in [5.41, 5.74) is 0.373. The molecule has 0 saturated carbocycles.